The molecule has 3 fully saturated rings. The fourth-order valence-corrected chi connectivity index (χ4v) is 4.86. The van der Waals surface area contributed by atoms with E-state index >= 15 is 0 Å². The van der Waals surface area contributed by atoms with Gasteiger partial charge in [-0.1, -0.05) is 25.1 Å². The van der Waals surface area contributed by atoms with E-state index < -0.39 is 0 Å². The topological polar surface area (TPSA) is 24.4 Å². The molecular weight excluding hydrogens is 216 g/mol. The molecule has 3 aliphatic rings. The second-order valence-corrected chi connectivity index (χ2v) is 7.31. The molecule has 1 N–H and O–H groups in total. The number of nitrogens with one attached hydrogen (secondary N) is 1. The molecule has 1 aliphatic heterocycles. The van der Waals surface area contributed by atoms with Gasteiger partial charge < -0.3 is 5.32 Å². The second kappa shape index (κ2) is 4.25. The van der Waals surface area contributed by atoms with Crippen molar-refractivity contribution in [2.75, 3.05) is 0 Å². The van der Waals surface area contributed by atoms with E-state index in [1.54, 1.807) is 0 Å². The summed E-state index contributed by atoms with van der Waals surface area (Å²) in [7, 11) is 0. The summed E-state index contributed by atoms with van der Waals surface area (Å²) in [6.07, 6.45) is 6.98. The molecular formula is C13H22N2S. The van der Waals surface area contributed by atoms with Gasteiger partial charge in [-0.3, -0.25) is 4.99 Å². The van der Waals surface area contributed by atoms with Gasteiger partial charge in [0.05, 0.1) is 6.04 Å². The van der Waals surface area contributed by atoms with E-state index in [9.17, 15) is 0 Å². The Bertz CT molecular complexity index is 290. The molecule has 5 unspecified atom stereocenters. The molecule has 0 radical (unpaired) electrons. The van der Waals surface area contributed by atoms with Gasteiger partial charge in [-0.05, 0) is 44.4 Å². The van der Waals surface area contributed by atoms with Crippen LogP contribution in [0.4, 0.5) is 0 Å². The van der Waals surface area contributed by atoms with Crippen LogP contribution in [0.2, 0.25) is 0 Å². The van der Waals surface area contributed by atoms with Crippen molar-refractivity contribution in [3.05, 3.63) is 0 Å². The van der Waals surface area contributed by atoms with Crippen LogP contribution < -0.4 is 5.32 Å². The Hall–Kier alpha value is -0.180. The van der Waals surface area contributed by atoms with Gasteiger partial charge in [0.25, 0.3) is 0 Å². The maximum absolute atomic E-state index is 4.99. The third-order valence-corrected chi connectivity index (χ3v) is 5.39. The van der Waals surface area contributed by atoms with Gasteiger partial charge >= 0.3 is 0 Å². The van der Waals surface area contributed by atoms with E-state index in [4.69, 9.17) is 4.99 Å². The number of rotatable bonds is 1. The van der Waals surface area contributed by atoms with Gasteiger partial charge in [-0.15, -0.1) is 0 Å². The highest BCUT2D eigenvalue weighted by molar-refractivity contribution is 8.14. The number of aliphatic imine (C=N–C) groups is 1. The molecule has 1 heterocycles. The molecule has 0 aromatic rings. The molecule has 0 spiro atoms. The molecule has 3 heteroatoms. The van der Waals surface area contributed by atoms with Crippen LogP contribution in [0.15, 0.2) is 4.99 Å². The van der Waals surface area contributed by atoms with E-state index in [2.05, 4.69) is 19.2 Å². The summed E-state index contributed by atoms with van der Waals surface area (Å²) in [5, 5.41) is 5.50. The predicted octanol–water partition coefficient (Wildman–Crippen LogP) is 3.03. The van der Waals surface area contributed by atoms with Gasteiger partial charge in [-0.25, -0.2) is 0 Å². The zero-order valence-electron chi connectivity index (χ0n) is 10.3. The highest BCUT2D eigenvalue weighted by Crippen LogP contribution is 2.46. The number of hydrogen-bond acceptors (Lipinski definition) is 2. The maximum Gasteiger partial charge on any atom is 0.157 e. The molecule has 1 saturated heterocycles. The Kier molecular flexibility index (Phi) is 2.90. The Morgan fingerprint density at radius 2 is 2.06 bits per heavy atom. The molecule has 0 aromatic carbocycles. The molecule has 2 bridgehead atoms. The van der Waals surface area contributed by atoms with Gasteiger partial charge in [0.2, 0.25) is 0 Å². The van der Waals surface area contributed by atoms with E-state index in [0.29, 0.717) is 12.1 Å². The van der Waals surface area contributed by atoms with Gasteiger partial charge in [0.15, 0.2) is 5.17 Å². The first kappa shape index (κ1) is 10.9. The summed E-state index contributed by atoms with van der Waals surface area (Å²) >= 11 is 1.94. The van der Waals surface area contributed by atoms with Crippen molar-refractivity contribution in [1.82, 2.24) is 5.32 Å². The lowest BCUT2D eigenvalue weighted by molar-refractivity contribution is 0.419. The summed E-state index contributed by atoms with van der Waals surface area (Å²) in [6.45, 7) is 4.59. The third kappa shape index (κ3) is 2.11. The first-order chi connectivity index (χ1) is 7.70. The van der Waals surface area contributed by atoms with Crippen molar-refractivity contribution in [2.45, 2.75) is 63.3 Å². The molecule has 3 rings (SSSR count). The van der Waals surface area contributed by atoms with Crippen molar-refractivity contribution in [1.29, 1.82) is 0 Å². The van der Waals surface area contributed by atoms with Crippen LogP contribution in [0, 0.1) is 11.8 Å². The molecule has 0 amide bonds. The van der Waals surface area contributed by atoms with Crippen molar-refractivity contribution < 1.29 is 0 Å². The summed E-state index contributed by atoms with van der Waals surface area (Å²) < 4.78 is 0. The molecule has 2 aliphatic carbocycles. The van der Waals surface area contributed by atoms with Crippen LogP contribution in [-0.2, 0) is 0 Å². The fraction of sp³-hybridized carbons (Fsp3) is 0.923. The summed E-state index contributed by atoms with van der Waals surface area (Å²) in [4.78, 5) is 4.99. The van der Waals surface area contributed by atoms with E-state index in [1.165, 1.54) is 37.3 Å². The lowest BCUT2D eigenvalue weighted by atomic mass is 9.96. The minimum atomic E-state index is 0.605. The number of hydrogen-bond donors (Lipinski definition) is 1. The molecule has 5 atom stereocenters. The molecule has 90 valence electrons. The Morgan fingerprint density at radius 1 is 1.19 bits per heavy atom. The largest absolute Gasteiger partial charge is 0.362 e. The monoisotopic (exact) mass is 238 g/mol. The Morgan fingerprint density at radius 3 is 2.69 bits per heavy atom. The summed E-state index contributed by atoms with van der Waals surface area (Å²) in [5.74, 6) is 1.91. The molecule has 0 aromatic heterocycles. The van der Waals surface area contributed by atoms with Crippen molar-refractivity contribution >= 4 is 16.9 Å². The lowest BCUT2D eigenvalue weighted by Gasteiger charge is -2.28. The van der Waals surface area contributed by atoms with Crippen molar-refractivity contribution in [3.63, 3.8) is 0 Å². The average molecular weight is 238 g/mol. The second-order valence-electron chi connectivity index (χ2n) is 5.89. The summed E-state index contributed by atoms with van der Waals surface area (Å²) in [5.41, 5.74) is 0. The van der Waals surface area contributed by atoms with Crippen LogP contribution >= 0.6 is 11.8 Å². The lowest BCUT2D eigenvalue weighted by Crippen LogP contribution is -2.39. The van der Waals surface area contributed by atoms with Crippen LogP contribution in [-0.4, -0.2) is 22.5 Å². The summed E-state index contributed by atoms with van der Waals surface area (Å²) in [6, 6.07) is 1.25. The Labute approximate surface area is 103 Å². The van der Waals surface area contributed by atoms with E-state index in [0.717, 1.165) is 17.1 Å². The van der Waals surface area contributed by atoms with Gasteiger partial charge in [0, 0.05) is 11.3 Å². The van der Waals surface area contributed by atoms with Crippen LogP contribution in [0.25, 0.3) is 0 Å². The molecule has 2 saturated carbocycles. The molecule has 16 heavy (non-hydrogen) atoms. The van der Waals surface area contributed by atoms with Crippen LogP contribution in [0.3, 0.4) is 0 Å². The normalized spacial score (nSPS) is 49.6. The standard InChI is InChI=1S/C13H22N2S/c1-8-5-9(2)16-13(14-8)15-12-7-10-3-4-11(12)6-10/h8-12H,3-7H2,1-2H3,(H,14,15). The highest BCUT2D eigenvalue weighted by atomic mass is 32.2. The number of thioether (sulfide) groups is 1. The SMILES string of the molecule is CC1CC(C)SC(=NC2CC3CCC2C3)N1. The third-order valence-electron chi connectivity index (χ3n) is 4.35. The Balaban J connectivity index is 1.67. The first-order valence-corrected chi connectivity index (χ1v) is 7.59. The minimum Gasteiger partial charge on any atom is -0.362 e. The van der Waals surface area contributed by atoms with E-state index in [1.807, 2.05) is 11.8 Å². The predicted molar refractivity (Wildman–Crippen MR) is 70.9 cm³/mol. The van der Waals surface area contributed by atoms with Crippen LogP contribution in [0.1, 0.15) is 46.0 Å². The highest BCUT2D eigenvalue weighted by Gasteiger charge is 2.39. The van der Waals surface area contributed by atoms with Crippen molar-refractivity contribution in [2.24, 2.45) is 16.8 Å². The van der Waals surface area contributed by atoms with Gasteiger partial charge in [-0.2, -0.15) is 0 Å². The van der Waals surface area contributed by atoms with Crippen LogP contribution in [0.5, 0.6) is 0 Å². The smallest absolute Gasteiger partial charge is 0.157 e. The zero-order valence-corrected chi connectivity index (χ0v) is 11.1. The minimum absolute atomic E-state index is 0.605. The molecule has 2 nitrogen and oxygen atoms in total. The maximum atomic E-state index is 4.99. The number of fused-ring (bicyclic) bond motifs is 2. The average Bonchev–Trinajstić information content (AvgIpc) is 2.77. The van der Waals surface area contributed by atoms with E-state index in [-0.39, 0.29) is 0 Å². The quantitative estimate of drug-likeness (QED) is 0.759. The number of nitrogens with zero attached hydrogens (tertiary/aromatic N) is 1. The van der Waals surface area contributed by atoms with Crippen molar-refractivity contribution in [3.8, 4) is 0 Å². The first-order valence-electron chi connectivity index (χ1n) is 6.71. The number of amidine groups is 1. The van der Waals surface area contributed by atoms with Gasteiger partial charge in [0.1, 0.15) is 0 Å². The fourth-order valence-electron chi connectivity index (χ4n) is 3.63. The zero-order chi connectivity index (χ0) is 11.1.